The van der Waals surface area contributed by atoms with Gasteiger partial charge in [0.1, 0.15) is 5.58 Å². The predicted molar refractivity (Wildman–Crippen MR) is 89.7 cm³/mol. The molecule has 2 saturated heterocycles. The van der Waals surface area contributed by atoms with Crippen molar-refractivity contribution in [3.8, 4) is 0 Å². The average molecular weight is 327 g/mol. The lowest BCUT2D eigenvalue weighted by Crippen LogP contribution is -2.57. The zero-order chi connectivity index (χ0) is 16.5. The van der Waals surface area contributed by atoms with Crippen LogP contribution < -0.4 is 5.32 Å². The molecule has 0 spiro atoms. The molecule has 1 N–H and O–H groups in total. The van der Waals surface area contributed by atoms with Crippen LogP contribution in [0.25, 0.3) is 11.0 Å². The molecule has 2 amide bonds. The molecule has 0 bridgehead atoms. The van der Waals surface area contributed by atoms with Gasteiger partial charge in [-0.25, -0.2) is 0 Å². The fourth-order valence-corrected chi connectivity index (χ4v) is 3.64. The van der Waals surface area contributed by atoms with Crippen LogP contribution in [0.4, 0.5) is 0 Å². The Morgan fingerprint density at radius 3 is 2.96 bits per heavy atom. The first kappa shape index (κ1) is 15.2. The second-order valence-electron chi connectivity index (χ2n) is 6.46. The normalized spacial score (nSPS) is 22.2. The number of rotatable bonds is 2. The summed E-state index contributed by atoms with van der Waals surface area (Å²) in [5.41, 5.74) is 0.728. The van der Waals surface area contributed by atoms with Gasteiger partial charge in [0.25, 0.3) is 5.91 Å². The van der Waals surface area contributed by atoms with Crippen molar-refractivity contribution in [3.05, 3.63) is 36.1 Å². The first-order valence-corrected chi connectivity index (χ1v) is 8.50. The molecule has 6 nitrogen and oxygen atoms in total. The number of fused-ring (bicyclic) bond motifs is 1. The van der Waals surface area contributed by atoms with E-state index < -0.39 is 0 Å². The van der Waals surface area contributed by atoms with Gasteiger partial charge < -0.3 is 19.5 Å². The van der Waals surface area contributed by atoms with E-state index in [0.29, 0.717) is 25.4 Å². The van der Waals surface area contributed by atoms with Crippen molar-refractivity contribution < 1.29 is 14.0 Å². The van der Waals surface area contributed by atoms with E-state index in [4.69, 9.17) is 4.42 Å². The third kappa shape index (κ3) is 2.78. The summed E-state index contributed by atoms with van der Waals surface area (Å²) in [6, 6.07) is 9.55. The number of para-hydroxylation sites is 1. The maximum atomic E-state index is 12.8. The maximum Gasteiger partial charge on any atom is 0.289 e. The molecule has 0 saturated carbocycles. The van der Waals surface area contributed by atoms with E-state index in [-0.39, 0.29) is 17.9 Å². The molecule has 24 heavy (non-hydrogen) atoms. The summed E-state index contributed by atoms with van der Waals surface area (Å²) in [6.45, 7) is 3.23. The first-order valence-electron chi connectivity index (χ1n) is 8.50. The van der Waals surface area contributed by atoms with Gasteiger partial charge in [-0.05, 0) is 25.0 Å². The van der Waals surface area contributed by atoms with Gasteiger partial charge in [-0.15, -0.1) is 0 Å². The van der Waals surface area contributed by atoms with Crippen molar-refractivity contribution >= 4 is 22.8 Å². The van der Waals surface area contributed by atoms with Gasteiger partial charge in [0.2, 0.25) is 5.91 Å². The SMILES string of the molecule is O=C(c1cc2ccccc2o1)N1CCCC(N2CCNCC2=O)C1. The van der Waals surface area contributed by atoms with E-state index in [1.54, 1.807) is 6.07 Å². The van der Waals surface area contributed by atoms with Gasteiger partial charge in [-0.1, -0.05) is 18.2 Å². The smallest absolute Gasteiger partial charge is 0.289 e. The van der Waals surface area contributed by atoms with E-state index >= 15 is 0 Å². The minimum absolute atomic E-state index is 0.0847. The Morgan fingerprint density at radius 1 is 1.25 bits per heavy atom. The molecule has 1 aromatic heterocycles. The fraction of sp³-hybridized carbons (Fsp3) is 0.444. The van der Waals surface area contributed by atoms with Crippen molar-refractivity contribution in [2.24, 2.45) is 0 Å². The largest absolute Gasteiger partial charge is 0.451 e. The van der Waals surface area contributed by atoms with Crippen LogP contribution in [0.5, 0.6) is 0 Å². The molecule has 126 valence electrons. The van der Waals surface area contributed by atoms with Crippen LogP contribution >= 0.6 is 0 Å². The molecule has 2 aliphatic heterocycles. The van der Waals surface area contributed by atoms with Crippen LogP contribution in [-0.2, 0) is 4.79 Å². The molecule has 2 fully saturated rings. The molecule has 1 aromatic carbocycles. The molecule has 0 radical (unpaired) electrons. The molecule has 1 unspecified atom stereocenters. The van der Waals surface area contributed by atoms with Gasteiger partial charge in [0.15, 0.2) is 5.76 Å². The quantitative estimate of drug-likeness (QED) is 0.907. The third-order valence-electron chi connectivity index (χ3n) is 4.89. The number of furan rings is 1. The summed E-state index contributed by atoms with van der Waals surface area (Å²) in [6.07, 6.45) is 1.86. The highest BCUT2D eigenvalue weighted by Gasteiger charge is 2.32. The standard InChI is InChI=1S/C18H21N3O3/c22-17-11-19-7-9-21(17)14-5-3-8-20(12-14)18(23)16-10-13-4-1-2-6-15(13)24-16/h1-2,4,6,10,14,19H,3,5,7-9,11-12H2. The van der Waals surface area contributed by atoms with Gasteiger partial charge in [0, 0.05) is 37.6 Å². The highest BCUT2D eigenvalue weighted by atomic mass is 16.3. The number of benzene rings is 1. The minimum Gasteiger partial charge on any atom is -0.451 e. The van der Waals surface area contributed by atoms with Crippen LogP contribution in [0.2, 0.25) is 0 Å². The van der Waals surface area contributed by atoms with Gasteiger partial charge in [-0.2, -0.15) is 0 Å². The Balaban J connectivity index is 1.50. The lowest BCUT2D eigenvalue weighted by Gasteiger charge is -2.40. The summed E-state index contributed by atoms with van der Waals surface area (Å²) in [5, 5.41) is 4.03. The molecular weight excluding hydrogens is 306 g/mol. The van der Waals surface area contributed by atoms with Gasteiger partial charge in [0.05, 0.1) is 6.54 Å². The molecular formula is C18H21N3O3. The number of nitrogens with one attached hydrogen (secondary N) is 1. The second kappa shape index (κ2) is 6.28. The van der Waals surface area contributed by atoms with Crippen molar-refractivity contribution in [3.63, 3.8) is 0 Å². The minimum atomic E-state index is -0.0847. The number of carbonyl (C=O) groups excluding carboxylic acids is 2. The van der Waals surface area contributed by atoms with Crippen molar-refractivity contribution in [2.45, 2.75) is 18.9 Å². The zero-order valence-corrected chi connectivity index (χ0v) is 13.5. The number of piperazine rings is 1. The van der Waals surface area contributed by atoms with Crippen LogP contribution in [0.15, 0.2) is 34.7 Å². The summed E-state index contributed by atoms with van der Waals surface area (Å²) in [4.78, 5) is 28.6. The average Bonchev–Trinajstić information content (AvgIpc) is 3.06. The maximum absolute atomic E-state index is 12.8. The van der Waals surface area contributed by atoms with Crippen LogP contribution in [-0.4, -0.2) is 60.4 Å². The number of hydrogen-bond acceptors (Lipinski definition) is 4. The number of nitrogens with zero attached hydrogens (tertiary/aromatic N) is 2. The Kier molecular flexibility index (Phi) is 3.98. The van der Waals surface area contributed by atoms with E-state index in [1.807, 2.05) is 34.1 Å². The lowest BCUT2D eigenvalue weighted by molar-refractivity contribution is -0.135. The van der Waals surface area contributed by atoms with Crippen LogP contribution in [0.1, 0.15) is 23.4 Å². The van der Waals surface area contributed by atoms with Gasteiger partial charge >= 0.3 is 0 Å². The highest BCUT2D eigenvalue weighted by Crippen LogP contribution is 2.23. The molecule has 2 aliphatic rings. The van der Waals surface area contributed by atoms with Crippen molar-refractivity contribution in [1.82, 2.24) is 15.1 Å². The Morgan fingerprint density at radius 2 is 2.12 bits per heavy atom. The van der Waals surface area contributed by atoms with E-state index in [0.717, 1.165) is 36.9 Å². The topological polar surface area (TPSA) is 65.8 Å². The Hall–Kier alpha value is -2.34. The molecule has 3 heterocycles. The molecule has 2 aromatic rings. The van der Waals surface area contributed by atoms with Crippen molar-refractivity contribution in [1.29, 1.82) is 0 Å². The zero-order valence-electron chi connectivity index (χ0n) is 13.5. The third-order valence-corrected chi connectivity index (χ3v) is 4.89. The van der Waals surface area contributed by atoms with Crippen molar-refractivity contribution in [2.75, 3.05) is 32.7 Å². The number of hydrogen-bond donors (Lipinski definition) is 1. The number of amides is 2. The molecule has 4 rings (SSSR count). The first-order chi connectivity index (χ1) is 11.7. The number of likely N-dealkylation sites (tertiary alicyclic amines) is 1. The monoisotopic (exact) mass is 327 g/mol. The Labute approximate surface area is 140 Å². The Bertz CT molecular complexity index is 737. The van der Waals surface area contributed by atoms with E-state index in [9.17, 15) is 9.59 Å². The molecule has 0 aliphatic carbocycles. The summed E-state index contributed by atoms with van der Waals surface area (Å²) >= 11 is 0. The number of carbonyl (C=O) groups is 2. The highest BCUT2D eigenvalue weighted by molar-refractivity contribution is 5.96. The van der Waals surface area contributed by atoms with E-state index in [1.165, 1.54) is 0 Å². The summed E-state index contributed by atoms with van der Waals surface area (Å²) in [7, 11) is 0. The summed E-state index contributed by atoms with van der Waals surface area (Å²) in [5.74, 6) is 0.422. The van der Waals surface area contributed by atoms with E-state index in [2.05, 4.69) is 5.32 Å². The molecule has 1 atom stereocenters. The lowest BCUT2D eigenvalue weighted by atomic mass is 10.0. The second-order valence-corrected chi connectivity index (χ2v) is 6.46. The van der Waals surface area contributed by atoms with Crippen LogP contribution in [0.3, 0.4) is 0 Å². The van der Waals surface area contributed by atoms with Gasteiger partial charge in [-0.3, -0.25) is 9.59 Å². The summed E-state index contributed by atoms with van der Waals surface area (Å²) < 4.78 is 5.70. The predicted octanol–water partition coefficient (Wildman–Crippen LogP) is 1.47. The molecule has 6 heteroatoms. The van der Waals surface area contributed by atoms with Crippen LogP contribution in [0, 0.1) is 0 Å². The fourth-order valence-electron chi connectivity index (χ4n) is 3.64. The number of piperidine rings is 1.